The zero-order chi connectivity index (χ0) is 12.8. The number of hydrogen-bond acceptors (Lipinski definition) is 3. The third kappa shape index (κ3) is 12.7. The van der Waals surface area contributed by atoms with Crippen molar-refractivity contribution < 1.29 is 30.7 Å². The summed E-state index contributed by atoms with van der Waals surface area (Å²) in [6.45, 7) is 0. The number of nitrogens with one attached hydrogen (secondary N) is 1. The Morgan fingerprint density at radius 3 is 1.75 bits per heavy atom. The summed E-state index contributed by atoms with van der Waals surface area (Å²) in [6.07, 6.45) is -4.35. The molecule has 0 spiro atoms. The monoisotopic (exact) mass is 259 g/mol. The van der Waals surface area contributed by atoms with E-state index in [2.05, 4.69) is 0 Å². The second kappa shape index (κ2) is 5.68. The Morgan fingerprint density at radius 1 is 1.06 bits per heavy atom. The van der Waals surface area contributed by atoms with Crippen LogP contribution in [0.25, 0.3) is 0 Å². The molecule has 5 nitrogen and oxygen atoms in total. The summed E-state index contributed by atoms with van der Waals surface area (Å²) in [6, 6.07) is 7.44. The largest absolute Gasteiger partial charge is 0.482 e. The Labute approximate surface area is 89.5 Å². The van der Waals surface area contributed by atoms with Crippen LogP contribution in [0.5, 0.6) is 0 Å². The van der Waals surface area contributed by atoms with Gasteiger partial charge in [-0.25, -0.2) is 0 Å². The molecule has 0 aliphatic carbocycles. The standard InChI is InChI=1S/C7H6F3N.H2O4S/c8-7(9,10)11-6-4-2-1-3-5-6;1-5(2,3)4/h1-5,11H;(H2,1,2,3,4). The summed E-state index contributed by atoms with van der Waals surface area (Å²) in [5.41, 5.74) is 0.0556. The van der Waals surface area contributed by atoms with Crippen LogP contribution in [-0.4, -0.2) is 23.8 Å². The Bertz CT molecular complexity index is 395. The van der Waals surface area contributed by atoms with Crippen LogP contribution in [0.2, 0.25) is 0 Å². The van der Waals surface area contributed by atoms with Crippen molar-refractivity contribution in [3.8, 4) is 0 Å². The molecule has 0 unspecified atom stereocenters. The Kier molecular flexibility index (Phi) is 5.21. The lowest BCUT2D eigenvalue weighted by Gasteiger charge is -2.08. The zero-order valence-electron chi connectivity index (χ0n) is 7.64. The number of benzene rings is 1. The van der Waals surface area contributed by atoms with Gasteiger partial charge in [-0.1, -0.05) is 18.2 Å². The van der Waals surface area contributed by atoms with E-state index in [0.717, 1.165) is 0 Å². The lowest BCUT2D eigenvalue weighted by molar-refractivity contribution is -0.0999. The van der Waals surface area contributed by atoms with Crippen LogP contribution >= 0.6 is 0 Å². The number of rotatable bonds is 1. The van der Waals surface area contributed by atoms with Gasteiger partial charge in [-0.05, 0) is 12.1 Å². The second-order valence-corrected chi connectivity index (χ2v) is 3.33. The maximum absolute atomic E-state index is 11.6. The van der Waals surface area contributed by atoms with E-state index < -0.39 is 16.7 Å². The van der Waals surface area contributed by atoms with E-state index in [1.807, 2.05) is 0 Å². The first-order valence-corrected chi connectivity index (χ1v) is 5.07. The molecule has 1 aromatic carbocycles. The van der Waals surface area contributed by atoms with E-state index in [9.17, 15) is 13.2 Å². The summed E-state index contributed by atoms with van der Waals surface area (Å²) >= 11 is 0. The molecule has 0 aliphatic heterocycles. The third-order valence-electron chi connectivity index (χ3n) is 1.06. The number of hydrogen-bond donors (Lipinski definition) is 3. The van der Waals surface area contributed by atoms with Crippen LogP contribution in [0.1, 0.15) is 0 Å². The fourth-order valence-corrected chi connectivity index (χ4v) is 0.685. The third-order valence-corrected chi connectivity index (χ3v) is 1.06. The molecule has 0 fully saturated rings. The predicted molar refractivity (Wildman–Crippen MR) is 50.3 cm³/mol. The molecule has 92 valence electrons. The molecular weight excluding hydrogens is 251 g/mol. The maximum Gasteiger partial charge on any atom is 0.482 e. The van der Waals surface area contributed by atoms with Crippen molar-refractivity contribution in [1.82, 2.24) is 0 Å². The molecule has 0 radical (unpaired) electrons. The number of halogens is 3. The van der Waals surface area contributed by atoms with E-state index in [-0.39, 0.29) is 5.69 Å². The lowest BCUT2D eigenvalue weighted by Crippen LogP contribution is -2.20. The van der Waals surface area contributed by atoms with Crippen molar-refractivity contribution in [2.24, 2.45) is 0 Å². The average molecular weight is 259 g/mol. The van der Waals surface area contributed by atoms with Gasteiger partial charge in [0.15, 0.2) is 0 Å². The number of para-hydroxylation sites is 1. The van der Waals surface area contributed by atoms with E-state index in [4.69, 9.17) is 17.5 Å². The van der Waals surface area contributed by atoms with Gasteiger partial charge >= 0.3 is 16.7 Å². The summed E-state index contributed by atoms with van der Waals surface area (Å²) in [5, 5.41) is 1.38. The molecule has 0 saturated heterocycles. The normalized spacial score (nSPS) is 11.3. The minimum atomic E-state index is -4.67. The highest BCUT2D eigenvalue weighted by molar-refractivity contribution is 7.79. The van der Waals surface area contributed by atoms with Gasteiger partial charge in [-0.2, -0.15) is 21.6 Å². The summed E-state index contributed by atoms with van der Waals surface area (Å²) in [7, 11) is -4.67. The van der Waals surface area contributed by atoms with Gasteiger partial charge < -0.3 is 0 Å². The number of anilines is 1. The Hall–Kier alpha value is -1.32. The van der Waals surface area contributed by atoms with E-state index in [0.29, 0.717) is 0 Å². The van der Waals surface area contributed by atoms with Crippen LogP contribution in [-0.2, 0) is 10.4 Å². The Balaban J connectivity index is 0.000000385. The summed E-state index contributed by atoms with van der Waals surface area (Å²) in [5.74, 6) is 0. The second-order valence-electron chi connectivity index (χ2n) is 2.44. The molecule has 0 aliphatic rings. The van der Waals surface area contributed by atoms with Crippen LogP contribution in [0.15, 0.2) is 30.3 Å². The first-order valence-electron chi connectivity index (χ1n) is 3.68. The first-order chi connectivity index (χ1) is 7.08. The van der Waals surface area contributed by atoms with Gasteiger partial charge in [0.05, 0.1) is 0 Å². The highest BCUT2D eigenvalue weighted by Gasteiger charge is 2.26. The molecule has 9 heteroatoms. The minimum Gasteiger partial charge on any atom is -0.298 e. The molecule has 0 aromatic heterocycles. The lowest BCUT2D eigenvalue weighted by atomic mass is 10.3. The minimum absolute atomic E-state index is 0.0556. The average Bonchev–Trinajstić information content (AvgIpc) is 1.99. The van der Waals surface area contributed by atoms with Crippen molar-refractivity contribution in [2.75, 3.05) is 5.32 Å². The van der Waals surface area contributed by atoms with Crippen LogP contribution < -0.4 is 5.32 Å². The van der Waals surface area contributed by atoms with Crippen molar-refractivity contribution in [2.45, 2.75) is 6.30 Å². The van der Waals surface area contributed by atoms with Crippen molar-refractivity contribution in [3.05, 3.63) is 30.3 Å². The van der Waals surface area contributed by atoms with Gasteiger partial charge in [0.1, 0.15) is 0 Å². The highest BCUT2D eigenvalue weighted by Crippen LogP contribution is 2.18. The van der Waals surface area contributed by atoms with Crippen molar-refractivity contribution >= 4 is 16.1 Å². The Morgan fingerprint density at radius 2 is 1.44 bits per heavy atom. The smallest absolute Gasteiger partial charge is 0.298 e. The molecule has 0 bridgehead atoms. The molecule has 16 heavy (non-hydrogen) atoms. The molecule has 1 aromatic rings. The van der Waals surface area contributed by atoms with Crippen molar-refractivity contribution in [1.29, 1.82) is 0 Å². The summed E-state index contributed by atoms with van der Waals surface area (Å²) < 4.78 is 66.5. The summed E-state index contributed by atoms with van der Waals surface area (Å²) in [4.78, 5) is 0. The van der Waals surface area contributed by atoms with Crippen LogP contribution in [0, 0.1) is 0 Å². The van der Waals surface area contributed by atoms with Gasteiger partial charge in [-0.15, -0.1) is 0 Å². The predicted octanol–water partition coefficient (Wildman–Crippen LogP) is 1.97. The van der Waals surface area contributed by atoms with Gasteiger partial charge in [0, 0.05) is 5.69 Å². The number of alkyl halides is 3. The molecule has 0 heterocycles. The van der Waals surface area contributed by atoms with E-state index >= 15 is 0 Å². The quantitative estimate of drug-likeness (QED) is 0.530. The van der Waals surface area contributed by atoms with Gasteiger partial charge in [0.2, 0.25) is 0 Å². The first kappa shape index (κ1) is 14.7. The van der Waals surface area contributed by atoms with Crippen molar-refractivity contribution in [3.63, 3.8) is 0 Å². The SMILES string of the molecule is FC(F)(F)Nc1ccccc1.O=S(=O)(O)O. The molecule has 3 N–H and O–H groups in total. The highest BCUT2D eigenvalue weighted by atomic mass is 32.3. The molecular formula is C7H8F3NO4S. The van der Waals surface area contributed by atoms with Gasteiger partial charge in [0.25, 0.3) is 0 Å². The van der Waals surface area contributed by atoms with Gasteiger partial charge in [-0.3, -0.25) is 14.4 Å². The molecule has 1 rings (SSSR count). The fraction of sp³-hybridized carbons (Fsp3) is 0.143. The molecule has 0 atom stereocenters. The van der Waals surface area contributed by atoms with Crippen LogP contribution in [0.3, 0.4) is 0 Å². The fourth-order valence-electron chi connectivity index (χ4n) is 0.685. The topological polar surface area (TPSA) is 86.6 Å². The molecule has 0 amide bonds. The van der Waals surface area contributed by atoms with Crippen LogP contribution in [0.4, 0.5) is 18.9 Å². The maximum atomic E-state index is 11.6. The zero-order valence-corrected chi connectivity index (χ0v) is 8.46. The molecule has 0 saturated carbocycles. The van der Waals surface area contributed by atoms with E-state index in [1.54, 1.807) is 6.07 Å². The van der Waals surface area contributed by atoms with E-state index in [1.165, 1.54) is 29.6 Å².